The summed E-state index contributed by atoms with van der Waals surface area (Å²) in [6.45, 7) is 27.4. The number of esters is 2. The summed E-state index contributed by atoms with van der Waals surface area (Å²) in [5, 5.41) is 69.9. The Hall–Kier alpha value is -7.35. The van der Waals surface area contributed by atoms with Gasteiger partial charge in [-0.05, 0) is 165 Å². The first-order valence-electron chi connectivity index (χ1n) is 45.0. The third kappa shape index (κ3) is 29.2. The molecular weight excluding hydrogens is 1820 g/mol. The molecule has 4 aromatic heterocycles. The predicted molar refractivity (Wildman–Crippen MR) is 500 cm³/mol. The highest BCUT2D eigenvalue weighted by molar-refractivity contribution is 7.53. The molecule has 2 amide bonds. The second-order valence-corrected chi connectivity index (χ2v) is 40.1. The normalized spacial score (nSPS) is 35.5. The summed E-state index contributed by atoms with van der Waals surface area (Å²) in [4.78, 5) is 155. The number of cyclic esters (lactones) is 2. The number of amides is 2. The Morgan fingerprint density at radius 1 is 0.630 bits per heavy atom. The van der Waals surface area contributed by atoms with Crippen molar-refractivity contribution in [2.75, 3.05) is 65.4 Å². The van der Waals surface area contributed by atoms with Gasteiger partial charge in [0.2, 0.25) is 11.8 Å². The van der Waals surface area contributed by atoms with E-state index in [9.17, 15) is 68.3 Å². The number of nitrogen functional groups attached to an aromatic ring is 1. The molecule has 39 nitrogen and oxygen atoms in total. The number of rotatable bonds is 21. The van der Waals surface area contributed by atoms with Crippen molar-refractivity contribution in [2.45, 2.75) is 323 Å². The Bertz CT molecular complexity index is 4780. The van der Waals surface area contributed by atoms with Crippen molar-refractivity contribution in [3.63, 3.8) is 0 Å². The van der Waals surface area contributed by atoms with Crippen LogP contribution in [0.1, 0.15) is 195 Å². The lowest BCUT2D eigenvalue weighted by molar-refractivity contribution is -0.297. The molecule has 10 rings (SSSR count). The number of hydrogen-bond acceptors (Lipinski definition) is 36. The van der Waals surface area contributed by atoms with Gasteiger partial charge < -0.3 is 108 Å². The van der Waals surface area contributed by atoms with Gasteiger partial charge in [0.05, 0.1) is 72.4 Å². The second-order valence-electron chi connectivity index (χ2n) is 37.0. The number of ketones is 3. The number of nitrogens with zero attached hydrogens (tertiary/aromatic N) is 9. The fraction of sp³-hybridized carbons (Fsp3) is 0.711. The van der Waals surface area contributed by atoms with Crippen LogP contribution in [0.4, 0.5) is 20.4 Å². The highest BCUT2D eigenvalue weighted by Crippen LogP contribution is 2.46. The van der Waals surface area contributed by atoms with E-state index in [-0.39, 0.29) is 90.0 Å². The van der Waals surface area contributed by atoms with Gasteiger partial charge in [-0.15, -0.1) is 22.7 Å². The van der Waals surface area contributed by atoms with Crippen LogP contribution in [0.5, 0.6) is 0 Å². The summed E-state index contributed by atoms with van der Waals surface area (Å²) in [5.74, 6) is -12.3. The molecule has 0 spiro atoms. The number of likely N-dealkylation sites (N-methyl/N-ethyl adjacent to an activating group) is 2. The first-order chi connectivity index (χ1) is 62.5. The molecule has 135 heavy (non-hydrogen) atoms. The molecule has 6 aliphatic heterocycles. The average molecular weight is 1970 g/mol. The molecule has 6 aliphatic rings. The molecule has 0 saturated carbocycles. The number of hydrogen-bond donors (Lipinski definition) is 10. The van der Waals surface area contributed by atoms with Crippen LogP contribution in [0.2, 0.25) is 6.82 Å². The lowest BCUT2D eigenvalue weighted by Gasteiger charge is -2.47. The molecule has 10 heterocycles. The number of aliphatic hydroxyl groups excluding tert-OH is 2. The van der Waals surface area contributed by atoms with Crippen LogP contribution in [0.25, 0.3) is 21.1 Å². The van der Waals surface area contributed by atoms with Crippen molar-refractivity contribution >= 4 is 107 Å². The zero-order chi connectivity index (χ0) is 100.0. The standard InChI is InChI=1S/C44H66FN6O14PS.C35H57FN2O11.C10H13BN4O2S.CH4/c1-12-31-44(9,56)38-25(5)34(48-33(52)13-2)23(3)17-42(7,37(26(6)36(54)43(8,45)41(55)64-31)65-40-35(53)30(51(10)11)16-24(4)63-40)61-20-29(19-60-38)49-62-21-28-15-14-27(18-46-28)39-47-32(22-67-39)50-66(57,58)59;1-12-24-35(9,44)30-20(5)26(37-25(40)13-2)18(3)15-33(7,46-17-22(39)16-45-30)29(21(6)28(42)34(8,36)32(43)48-24)49-31-27(41)23(38(10)11)14-19(4)47-31;1-11(16)15-17-5-8-3-2-7(4-13-8)10-14-9(12)6-18-10;/h14-15,18,22-26,30-31,35,37-38,40,53,56H,12-13,16-17,19-21H2,1-11H3,(H3,50,57,58,59);18-21,23-24,27,29-31,41,44H,12-17H2,1-11H3;2-4,6,15-16H,5,12H2,1H3;1H4/b48-34?,49-29+;;;/t23-,24-,25+,26+,30+,31-,35-,37-,38-,40+,42-,43+,44-;18-,19-,20+,21+,23+,24-,27-,29-,30-,31+,33-,34+,35-;;/m11../s1. The molecule has 11 N–H and O–H groups in total. The highest BCUT2D eigenvalue weighted by Gasteiger charge is 2.60. The number of nitrogens with two attached hydrogens (primary N) is 1. The molecular formula is C90H140BF2N12O27PS2. The number of thiazole rings is 2. The molecule has 26 atom stereocenters. The minimum absolute atomic E-state index is 0. The van der Waals surface area contributed by atoms with Crippen molar-refractivity contribution in [1.82, 2.24) is 35.1 Å². The van der Waals surface area contributed by atoms with Crippen molar-refractivity contribution in [2.24, 2.45) is 50.6 Å². The molecule has 45 heteroatoms. The monoisotopic (exact) mass is 1960 g/mol. The van der Waals surface area contributed by atoms with E-state index in [0.717, 1.165) is 41.4 Å². The number of anilines is 2. The molecule has 4 bridgehead atoms. The van der Waals surface area contributed by atoms with Gasteiger partial charge in [-0.3, -0.25) is 39.0 Å². The van der Waals surface area contributed by atoms with E-state index in [4.69, 9.17) is 67.8 Å². The lowest BCUT2D eigenvalue weighted by atomic mass is 9.73. The number of carbonyl (C=O) groups is 7. The third-order valence-electron chi connectivity index (χ3n) is 25.1. The van der Waals surface area contributed by atoms with Crippen molar-refractivity contribution in [1.29, 1.82) is 0 Å². The summed E-state index contributed by atoms with van der Waals surface area (Å²) in [6.07, 6.45) is -9.96. The zero-order valence-electron chi connectivity index (χ0n) is 80.6. The molecule has 0 unspecified atom stereocenters. The number of nitrogens with one attached hydrogen (secondary N) is 2. The molecule has 0 radical (unpaired) electrons. The van der Waals surface area contributed by atoms with Gasteiger partial charge in [0.25, 0.3) is 11.3 Å². The van der Waals surface area contributed by atoms with Gasteiger partial charge in [-0.1, -0.05) is 81.8 Å². The number of pyridine rings is 2. The summed E-state index contributed by atoms with van der Waals surface area (Å²) in [5.41, 5.74) is -4.80. The number of carbonyl (C=O) groups excluding carboxylic acids is 7. The quantitative estimate of drug-likeness (QED) is 0.0122. The van der Waals surface area contributed by atoms with E-state index in [1.54, 1.807) is 128 Å². The van der Waals surface area contributed by atoms with Crippen LogP contribution in [0.3, 0.4) is 0 Å². The van der Waals surface area contributed by atoms with Gasteiger partial charge in [0, 0.05) is 94.3 Å². The summed E-state index contributed by atoms with van der Waals surface area (Å²) < 4.78 is 107. The number of aliphatic hydroxyl groups is 4. The van der Waals surface area contributed by atoms with E-state index in [1.807, 2.05) is 40.9 Å². The number of fused-ring (bicyclic) bond motifs is 10. The average Bonchev–Trinajstić information content (AvgIpc) is 1.66. The summed E-state index contributed by atoms with van der Waals surface area (Å²) >= 11 is 2.63. The van der Waals surface area contributed by atoms with Crippen LogP contribution in [-0.2, 0) is 108 Å². The molecule has 756 valence electrons. The Balaban J connectivity index is 0.000000317. The fourth-order valence-corrected chi connectivity index (χ4v) is 19.9. The van der Waals surface area contributed by atoms with Gasteiger partial charge in [-0.25, -0.2) is 48.3 Å². The molecule has 6 fully saturated rings. The number of Topliss-reactive ketones (excluding diaryl/α,β-unsaturated/α-hetero) is 3. The molecule has 4 aromatic rings. The van der Waals surface area contributed by atoms with Crippen LogP contribution < -0.4 is 16.2 Å². The van der Waals surface area contributed by atoms with E-state index >= 15 is 8.78 Å². The van der Waals surface area contributed by atoms with Crippen LogP contribution >= 0.6 is 30.4 Å². The van der Waals surface area contributed by atoms with Gasteiger partial charge in [0.1, 0.15) is 82.8 Å². The number of aliphatic imine (C=N–C) groups is 2. The second kappa shape index (κ2) is 48.7. The zero-order valence-corrected chi connectivity index (χ0v) is 83.1. The highest BCUT2D eigenvalue weighted by atomic mass is 32.1. The Morgan fingerprint density at radius 2 is 1.05 bits per heavy atom. The fourth-order valence-electron chi connectivity index (χ4n) is 18.0. The topological polar surface area (TPSA) is 534 Å². The number of halogens is 2. The Kier molecular flexibility index (Phi) is 41.3. The number of alkyl halides is 2. The SMILES string of the molecule is C.CB(O)NOCc1ccc(-c2nc(N)cs2)cn1.CCC(=O)N=C1[C@H](C)C[C@@]2(C)OC/C(=N/OCc3ccc(-c4nc(NP(=O)(O)O)cs4)cn3)CO[C@H]([C@H]1C)[C@](C)(O)[C@@H](CC)OC(=O)[C@@](C)(F)C(=O)[C@H](C)[C@H]2O[C@@H]1O[C@H](C)C[C@H](N(C)C)[C@H]1O.CCC(=O)N=C1[C@H](C)C[C@@]2(C)OCC(=O)CO[C@H]([C@H]1C)[C@](C)(O)[C@@H](CC)OC(=O)[C@@](C)(F)C(=O)[C@H](C)[C@H]2O[C@@H]1O[C@H](C)C[C@H](N(C)C)[C@H]1O. The van der Waals surface area contributed by atoms with Crippen LogP contribution in [-0.4, -0.2) is 304 Å². The van der Waals surface area contributed by atoms with Crippen LogP contribution in [0.15, 0.2) is 62.6 Å². The maximum atomic E-state index is 17.0. The van der Waals surface area contributed by atoms with Crippen molar-refractivity contribution < 1.29 is 139 Å². The van der Waals surface area contributed by atoms with E-state index in [1.165, 1.54) is 50.6 Å². The van der Waals surface area contributed by atoms with E-state index < -0.39 is 218 Å². The lowest BCUT2D eigenvalue weighted by Crippen LogP contribution is -2.61. The van der Waals surface area contributed by atoms with Gasteiger partial charge in [-0.2, -0.15) is 0 Å². The van der Waals surface area contributed by atoms with Gasteiger partial charge >= 0.3 is 26.7 Å². The Morgan fingerprint density at radius 3 is 1.44 bits per heavy atom. The molecule has 0 aromatic carbocycles. The third-order valence-corrected chi connectivity index (χ3v) is 27.4. The number of aromatic nitrogens is 4. The summed E-state index contributed by atoms with van der Waals surface area (Å²) in [7, 11) is 1.94. The minimum Gasteiger partial charge on any atom is -0.457 e. The summed E-state index contributed by atoms with van der Waals surface area (Å²) in [6, 6.07) is 6.27. The molecule has 6 saturated heterocycles. The minimum atomic E-state index is -4.55. The van der Waals surface area contributed by atoms with Gasteiger partial charge in [0.15, 0.2) is 36.5 Å². The van der Waals surface area contributed by atoms with Crippen molar-refractivity contribution in [3.05, 3.63) is 58.8 Å². The van der Waals surface area contributed by atoms with Crippen molar-refractivity contribution in [3.8, 4) is 21.1 Å². The largest absolute Gasteiger partial charge is 0.457 e. The molecule has 0 aliphatic carbocycles. The predicted octanol–water partition coefficient (Wildman–Crippen LogP) is 8.78. The number of ether oxygens (including phenoxy) is 10. The number of oxime groups is 1. The van der Waals surface area contributed by atoms with E-state index in [2.05, 4.69) is 40.5 Å². The first kappa shape index (κ1) is 115. The Labute approximate surface area is 796 Å². The maximum absolute atomic E-state index is 17.0. The maximum Gasteiger partial charge on any atom is 0.428 e. The smallest absolute Gasteiger partial charge is 0.428 e. The van der Waals surface area contributed by atoms with E-state index in [0.29, 0.717) is 46.3 Å². The first-order valence-corrected chi connectivity index (χ1v) is 48.4. The van der Waals surface area contributed by atoms with Crippen LogP contribution in [0, 0.1) is 35.5 Å².